The first-order chi connectivity index (χ1) is 23.8. The van der Waals surface area contributed by atoms with Crippen LogP contribution in [-0.2, 0) is 37.3 Å². The molecule has 1 fully saturated rings. The van der Waals surface area contributed by atoms with Crippen molar-refractivity contribution in [1.29, 1.82) is 0 Å². The van der Waals surface area contributed by atoms with E-state index in [-0.39, 0.29) is 24.0 Å². The van der Waals surface area contributed by atoms with E-state index < -0.39 is 22.0 Å². The summed E-state index contributed by atoms with van der Waals surface area (Å²) in [6.07, 6.45) is 0.528. The van der Waals surface area contributed by atoms with Crippen molar-refractivity contribution in [1.82, 2.24) is 14.5 Å². The first-order valence-corrected chi connectivity index (χ1v) is 17.4. The molecule has 4 aromatic rings. The Hall–Kier alpha value is -4.91. The molecule has 4 aromatic carbocycles. The zero-order valence-electron chi connectivity index (χ0n) is 27.6. The lowest BCUT2D eigenvalue weighted by molar-refractivity contribution is -0.143. The van der Waals surface area contributed by atoms with E-state index >= 15 is 0 Å². The van der Waals surface area contributed by atoms with Crippen LogP contribution in [0.15, 0.2) is 108 Å². The van der Waals surface area contributed by atoms with Gasteiger partial charge in [0.05, 0.1) is 32.3 Å². The van der Waals surface area contributed by atoms with Gasteiger partial charge in [0.25, 0.3) is 5.91 Å². The largest absolute Gasteiger partial charge is 0.493 e. The molecule has 0 radical (unpaired) electrons. The smallest absolute Gasteiger partial charge is 0.261 e. The van der Waals surface area contributed by atoms with Crippen molar-refractivity contribution in [3.05, 3.63) is 120 Å². The first kappa shape index (κ1) is 35.4. The van der Waals surface area contributed by atoms with Gasteiger partial charge in [-0.1, -0.05) is 66.7 Å². The number of methoxy groups -OCH3 is 2. The summed E-state index contributed by atoms with van der Waals surface area (Å²) in [6, 6.07) is 29.2. The van der Waals surface area contributed by atoms with E-state index in [0.29, 0.717) is 62.1 Å². The zero-order valence-corrected chi connectivity index (χ0v) is 28.4. The average molecular weight is 688 g/mol. The highest BCUT2D eigenvalue weighted by Gasteiger charge is 2.32. The maximum Gasteiger partial charge on any atom is 0.261 e. The average Bonchev–Trinajstić information content (AvgIpc) is 3.15. The van der Waals surface area contributed by atoms with Crippen LogP contribution in [0.1, 0.15) is 22.7 Å². The number of rotatable bonds is 15. The fourth-order valence-corrected chi connectivity index (χ4v) is 6.95. The van der Waals surface area contributed by atoms with Crippen molar-refractivity contribution in [2.45, 2.75) is 23.9 Å². The molecule has 5 rings (SSSR count). The number of ether oxygens (including phenoxy) is 4. The number of carbonyl (C=O) groups is 2. The lowest BCUT2D eigenvalue weighted by Crippen LogP contribution is -2.45. The van der Waals surface area contributed by atoms with Gasteiger partial charge < -0.3 is 29.2 Å². The molecule has 1 aliphatic rings. The maximum atomic E-state index is 14.0. The molecule has 1 aliphatic heterocycles. The van der Waals surface area contributed by atoms with Gasteiger partial charge in [0, 0.05) is 26.2 Å². The van der Waals surface area contributed by atoms with Gasteiger partial charge in [0.1, 0.15) is 11.8 Å². The van der Waals surface area contributed by atoms with Gasteiger partial charge in [-0.15, -0.1) is 0 Å². The maximum absolute atomic E-state index is 14.0. The summed E-state index contributed by atoms with van der Waals surface area (Å²) in [5, 5.41) is 3.02. The van der Waals surface area contributed by atoms with Crippen LogP contribution in [0, 0.1) is 0 Å². The molecule has 12 heteroatoms. The van der Waals surface area contributed by atoms with Gasteiger partial charge >= 0.3 is 0 Å². The van der Waals surface area contributed by atoms with Crippen molar-refractivity contribution < 1.29 is 37.0 Å². The van der Waals surface area contributed by atoms with E-state index in [0.717, 1.165) is 11.1 Å². The van der Waals surface area contributed by atoms with Gasteiger partial charge in [-0.25, -0.2) is 8.42 Å². The fourth-order valence-electron chi connectivity index (χ4n) is 5.55. The standard InChI is InChI=1S/C37H41N3O8S/c1-45-33-18-13-28(25-34(33)46-2)19-20-38-37(42)36(30-11-7-4-8-12-30)40(26-29-9-5-3-6-10-29)35(41)27-48-31-14-16-32(17-15-31)49(43,44)39-21-23-47-24-22-39/h3-18,25,36H,19-24,26-27H2,1-2H3,(H,38,42). The first-order valence-electron chi connectivity index (χ1n) is 16.0. The van der Waals surface area contributed by atoms with Crippen LogP contribution in [0.5, 0.6) is 17.2 Å². The predicted molar refractivity (Wildman–Crippen MR) is 184 cm³/mol. The quantitative estimate of drug-likeness (QED) is 0.197. The predicted octanol–water partition coefficient (Wildman–Crippen LogP) is 4.23. The normalized spacial score (nSPS) is 14.0. The number of carbonyl (C=O) groups excluding carboxylic acids is 2. The third-order valence-electron chi connectivity index (χ3n) is 8.15. The number of hydrogen-bond donors (Lipinski definition) is 1. The zero-order chi connectivity index (χ0) is 34.6. The number of sulfonamides is 1. The summed E-state index contributed by atoms with van der Waals surface area (Å²) in [4.78, 5) is 29.6. The number of hydrogen-bond acceptors (Lipinski definition) is 8. The molecule has 11 nitrogen and oxygen atoms in total. The highest BCUT2D eigenvalue weighted by molar-refractivity contribution is 7.89. The minimum atomic E-state index is -3.68. The van der Waals surface area contributed by atoms with Crippen LogP contribution in [0.3, 0.4) is 0 Å². The molecule has 0 spiro atoms. The van der Waals surface area contributed by atoms with Gasteiger partial charge in [0.2, 0.25) is 15.9 Å². The molecule has 258 valence electrons. The Labute approximate surface area is 287 Å². The van der Waals surface area contributed by atoms with E-state index in [1.165, 1.54) is 33.5 Å². The molecule has 1 atom stereocenters. The highest BCUT2D eigenvalue weighted by Crippen LogP contribution is 2.28. The Morgan fingerprint density at radius 2 is 1.49 bits per heavy atom. The third kappa shape index (κ3) is 9.17. The second-order valence-electron chi connectivity index (χ2n) is 11.3. The summed E-state index contributed by atoms with van der Waals surface area (Å²) in [7, 11) is -0.530. The Balaban J connectivity index is 1.33. The van der Waals surface area contributed by atoms with E-state index in [9.17, 15) is 18.0 Å². The van der Waals surface area contributed by atoms with Crippen molar-refractivity contribution in [3.8, 4) is 17.2 Å². The summed E-state index contributed by atoms with van der Waals surface area (Å²) >= 11 is 0. The van der Waals surface area contributed by atoms with E-state index in [2.05, 4.69) is 5.32 Å². The molecule has 0 aromatic heterocycles. The van der Waals surface area contributed by atoms with Crippen LogP contribution in [0.4, 0.5) is 0 Å². The second kappa shape index (κ2) is 17.0. The lowest BCUT2D eigenvalue weighted by atomic mass is 10.0. The molecule has 0 aliphatic carbocycles. The van der Waals surface area contributed by atoms with Crippen LogP contribution < -0.4 is 19.5 Å². The summed E-state index contributed by atoms with van der Waals surface area (Å²) in [5.74, 6) is 0.781. The van der Waals surface area contributed by atoms with Gasteiger partial charge in [0.15, 0.2) is 18.1 Å². The Kier molecular flexibility index (Phi) is 12.3. The van der Waals surface area contributed by atoms with E-state index in [1.807, 2.05) is 78.9 Å². The lowest BCUT2D eigenvalue weighted by Gasteiger charge is -2.31. The number of amides is 2. The van der Waals surface area contributed by atoms with E-state index in [4.69, 9.17) is 18.9 Å². The molecule has 1 unspecified atom stereocenters. The monoisotopic (exact) mass is 687 g/mol. The van der Waals surface area contributed by atoms with Gasteiger partial charge in [-0.3, -0.25) is 9.59 Å². The van der Waals surface area contributed by atoms with Crippen LogP contribution in [0.2, 0.25) is 0 Å². The van der Waals surface area contributed by atoms with Crippen LogP contribution >= 0.6 is 0 Å². The number of morpholine rings is 1. The Morgan fingerprint density at radius 1 is 0.837 bits per heavy atom. The molecule has 1 N–H and O–H groups in total. The van der Waals surface area contributed by atoms with Crippen molar-refractivity contribution in [2.75, 3.05) is 53.7 Å². The summed E-state index contributed by atoms with van der Waals surface area (Å²) < 4.78 is 49.3. The number of nitrogens with zero attached hydrogens (tertiary/aromatic N) is 2. The SMILES string of the molecule is COc1ccc(CCNC(=O)C(c2ccccc2)N(Cc2ccccc2)C(=O)COc2ccc(S(=O)(=O)N3CCOCC3)cc2)cc1OC. The Bertz CT molecular complexity index is 1780. The number of benzene rings is 4. The summed E-state index contributed by atoms with van der Waals surface area (Å²) in [6.45, 7) is 1.38. The van der Waals surface area contributed by atoms with Crippen molar-refractivity contribution in [3.63, 3.8) is 0 Å². The van der Waals surface area contributed by atoms with Crippen LogP contribution in [0.25, 0.3) is 0 Å². The molecule has 1 heterocycles. The topological polar surface area (TPSA) is 124 Å². The molecular formula is C37H41N3O8S. The molecule has 1 saturated heterocycles. The van der Waals surface area contributed by atoms with E-state index in [1.54, 1.807) is 14.2 Å². The van der Waals surface area contributed by atoms with Crippen LogP contribution in [-0.4, -0.2) is 83.1 Å². The third-order valence-corrected chi connectivity index (χ3v) is 10.1. The van der Waals surface area contributed by atoms with Crippen molar-refractivity contribution >= 4 is 21.8 Å². The van der Waals surface area contributed by atoms with Gasteiger partial charge in [-0.2, -0.15) is 4.31 Å². The molecule has 49 heavy (non-hydrogen) atoms. The molecule has 2 amide bonds. The molecule has 0 saturated carbocycles. The minimum absolute atomic E-state index is 0.132. The minimum Gasteiger partial charge on any atom is -0.493 e. The van der Waals surface area contributed by atoms with Gasteiger partial charge in [-0.05, 0) is 59.5 Å². The van der Waals surface area contributed by atoms with Crippen molar-refractivity contribution in [2.24, 2.45) is 0 Å². The highest BCUT2D eigenvalue weighted by atomic mass is 32.2. The second-order valence-corrected chi connectivity index (χ2v) is 13.3. The molecular weight excluding hydrogens is 646 g/mol. The number of nitrogens with one attached hydrogen (secondary N) is 1. The molecule has 0 bridgehead atoms. The fraction of sp³-hybridized carbons (Fsp3) is 0.297. The summed E-state index contributed by atoms with van der Waals surface area (Å²) in [5.41, 5.74) is 2.43. The Morgan fingerprint density at radius 3 is 2.14 bits per heavy atom.